The highest BCUT2D eigenvalue weighted by atomic mass is 16.5. The number of rotatable bonds is 7. The fourth-order valence-electron chi connectivity index (χ4n) is 2.01. The highest BCUT2D eigenvalue weighted by Crippen LogP contribution is 2.07. The lowest BCUT2D eigenvalue weighted by molar-refractivity contribution is -0.146. The fraction of sp³-hybridized carbons (Fsp3) is 0.500. The summed E-state index contributed by atoms with van der Waals surface area (Å²) < 4.78 is 4.71. The third kappa shape index (κ3) is 5.95. The van der Waals surface area contributed by atoms with E-state index in [0.29, 0.717) is 12.8 Å². The first-order valence-electron chi connectivity index (χ1n) is 7.04. The van der Waals surface area contributed by atoms with Crippen molar-refractivity contribution in [2.75, 3.05) is 7.11 Å². The van der Waals surface area contributed by atoms with Crippen LogP contribution in [0, 0.1) is 5.92 Å². The van der Waals surface area contributed by atoms with Crippen molar-refractivity contribution in [3.8, 4) is 0 Å². The maximum absolute atomic E-state index is 11.9. The molecule has 116 valence electrons. The second kappa shape index (κ2) is 8.42. The largest absolute Gasteiger partial charge is 0.467 e. The standard InChI is InChI=1S/C16H23NO4/c1-11(2)9-14(18)15(19)17-13(16(20)21-3)10-12-7-5-4-6-8-12/h4-8,11,13-14,18H,9-10H2,1-3H3,(H,17,19)/t13-,14-/m1/s1. The number of benzene rings is 1. The Morgan fingerprint density at radius 3 is 2.38 bits per heavy atom. The predicted molar refractivity (Wildman–Crippen MR) is 79.6 cm³/mol. The normalized spacial score (nSPS) is 13.6. The molecule has 0 unspecified atom stereocenters. The molecule has 0 spiro atoms. The van der Waals surface area contributed by atoms with Crippen molar-refractivity contribution in [3.05, 3.63) is 35.9 Å². The van der Waals surface area contributed by atoms with Gasteiger partial charge in [-0.3, -0.25) is 4.79 Å². The molecule has 0 heterocycles. The van der Waals surface area contributed by atoms with Crippen LogP contribution in [0.4, 0.5) is 0 Å². The number of carbonyl (C=O) groups excluding carboxylic acids is 2. The van der Waals surface area contributed by atoms with Crippen LogP contribution in [0.2, 0.25) is 0 Å². The number of nitrogens with one attached hydrogen (secondary N) is 1. The lowest BCUT2D eigenvalue weighted by atomic mass is 10.0. The summed E-state index contributed by atoms with van der Waals surface area (Å²) in [6.07, 6.45) is -0.438. The third-order valence-electron chi connectivity index (χ3n) is 3.08. The summed E-state index contributed by atoms with van der Waals surface area (Å²) in [5.41, 5.74) is 0.909. The highest BCUT2D eigenvalue weighted by Gasteiger charge is 2.25. The summed E-state index contributed by atoms with van der Waals surface area (Å²) in [4.78, 5) is 23.7. The Hall–Kier alpha value is -1.88. The van der Waals surface area contributed by atoms with Gasteiger partial charge in [-0.2, -0.15) is 0 Å². The SMILES string of the molecule is COC(=O)[C@@H](Cc1ccccc1)NC(=O)[C@H](O)CC(C)C. The van der Waals surface area contributed by atoms with Gasteiger partial charge in [0.2, 0.25) is 5.91 Å². The number of ether oxygens (including phenoxy) is 1. The lowest BCUT2D eigenvalue weighted by Gasteiger charge is -2.19. The molecule has 5 nitrogen and oxygen atoms in total. The van der Waals surface area contributed by atoms with E-state index >= 15 is 0 Å². The van der Waals surface area contributed by atoms with Crippen LogP contribution in [-0.4, -0.2) is 36.2 Å². The molecule has 2 atom stereocenters. The first kappa shape index (κ1) is 17.2. The smallest absolute Gasteiger partial charge is 0.328 e. The Labute approximate surface area is 125 Å². The minimum Gasteiger partial charge on any atom is -0.467 e. The van der Waals surface area contributed by atoms with Gasteiger partial charge >= 0.3 is 5.97 Å². The number of aliphatic hydroxyl groups excluding tert-OH is 1. The summed E-state index contributed by atoms with van der Waals surface area (Å²) in [5.74, 6) is -0.879. The number of hydrogen-bond donors (Lipinski definition) is 2. The molecule has 0 saturated heterocycles. The Balaban J connectivity index is 2.70. The van der Waals surface area contributed by atoms with Crippen molar-refractivity contribution in [2.45, 2.75) is 38.8 Å². The zero-order chi connectivity index (χ0) is 15.8. The Bertz CT molecular complexity index is 459. The summed E-state index contributed by atoms with van der Waals surface area (Å²) in [5, 5.41) is 12.4. The van der Waals surface area contributed by atoms with Gasteiger partial charge in [-0.05, 0) is 17.9 Å². The van der Waals surface area contributed by atoms with Crippen LogP contribution in [0.15, 0.2) is 30.3 Å². The maximum atomic E-state index is 11.9. The van der Waals surface area contributed by atoms with Crippen LogP contribution in [-0.2, 0) is 20.7 Å². The van der Waals surface area contributed by atoms with Gasteiger partial charge in [0.15, 0.2) is 0 Å². The highest BCUT2D eigenvalue weighted by molar-refractivity contribution is 5.86. The van der Waals surface area contributed by atoms with Gasteiger partial charge in [0.25, 0.3) is 0 Å². The molecular weight excluding hydrogens is 270 g/mol. The predicted octanol–water partition coefficient (Wildman–Crippen LogP) is 1.29. The summed E-state index contributed by atoms with van der Waals surface area (Å²) in [7, 11) is 1.27. The van der Waals surface area contributed by atoms with Crippen LogP contribution in [0.3, 0.4) is 0 Å². The van der Waals surface area contributed by atoms with Gasteiger partial charge < -0.3 is 15.2 Å². The van der Waals surface area contributed by atoms with Gasteiger partial charge in [0.05, 0.1) is 7.11 Å². The molecule has 21 heavy (non-hydrogen) atoms. The molecule has 0 aliphatic heterocycles. The van der Waals surface area contributed by atoms with Crippen LogP contribution in [0.1, 0.15) is 25.8 Å². The van der Waals surface area contributed by atoms with E-state index in [0.717, 1.165) is 5.56 Å². The minimum atomic E-state index is -1.12. The van der Waals surface area contributed by atoms with Crippen molar-refractivity contribution in [1.82, 2.24) is 5.32 Å². The first-order chi connectivity index (χ1) is 9.93. The fourth-order valence-corrected chi connectivity index (χ4v) is 2.01. The second-order valence-corrected chi connectivity index (χ2v) is 5.42. The van der Waals surface area contributed by atoms with Gasteiger partial charge in [0.1, 0.15) is 12.1 Å². The van der Waals surface area contributed by atoms with Crippen molar-refractivity contribution >= 4 is 11.9 Å². The number of esters is 1. The van der Waals surface area contributed by atoms with E-state index in [-0.39, 0.29) is 5.92 Å². The van der Waals surface area contributed by atoms with Crippen molar-refractivity contribution in [1.29, 1.82) is 0 Å². The van der Waals surface area contributed by atoms with Gasteiger partial charge in [-0.25, -0.2) is 4.79 Å². The minimum absolute atomic E-state index is 0.191. The van der Waals surface area contributed by atoms with Crippen LogP contribution >= 0.6 is 0 Å². The van der Waals surface area contributed by atoms with E-state index in [1.165, 1.54) is 7.11 Å². The monoisotopic (exact) mass is 293 g/mol. The molecule has 0 bridgehead atoms. The molecule has 0 aromatic heterocycles. The Morgan fingerprint density at radius 1 is 1.24 bits per heavy atom. The molecule has 0 radical (unpaired) electrons. The van der Waals surface area contributed by atoms with Gasteiger partial charge in [0, 0.05) is 6.42 Å². The molecule has 1 aromatic rings. The number of amides is 1. The summed E-state index contributed by atoms with van der Waals surface area (Å²) >= 11 is 0. The molecule has 2 N–H and O–H groups in total. The first-order valence-corrected chi connectivity index (χ1v) is 7.04. The lowest BCUT2D eigenvalue weighted by Crippen LogP contribution is -2.47. The van der Waals surface area contributed by atoms with Gasteiger partial charge in [-0.1, -0.05) is 44.2 Å². The van der Waals surface area contributed by atoms with Crippen molar-refractivity contribution in [3.63, 3.8) is 0 Å². The van der Waals surface area contributed by atoms with E-state index in [2.05, 4.69) is 5.32 Å². The molecule has 1 aromatic carbocycles. The van der Waals surface area contributed by atoms with Gasteiger partial charge in [-0.15, -0.1) is 0 Å². The quantitative estimate of drug-likeness (QED) is 0.743. The maximum Gasteiger partial charge on any atom is 0.328 e. The van der Waals surface area contributed by atoms with Crippen LogP contribution in [0.25, 0.3) is 0 Å². The van der Waals surface area contributed by atoms with Crippen molar-refractivity contribution < 1.29 is 19.4 Å². The number of hydrogen-bond acceptors (Lipinski definition) is 4. The number of carbonyl (C=O) groups is 2. The van der Waals surface area contributed by atoms with Crippen LogP contribution in [0.5, 0.6) is 0 Å². The molecule has 1 rings (SSSR count). The van der Waals surface area contributed by atoms with E-state index in [4.69, 9.17) is 4.74 Å². The van der Waals surface area contributed by atoms with E-state index < -0.39 is 24.0 Å². The average Bonchev–Trinajstić information content (AvgIpc) is 2.46. The molecule has 0 saturated carbocycles. The van der Waals surface area contributed by atoms with E-state index in [9.17, 15) is 14.7 Å². The zero-order valence-electron chi connectivity index (χ0n) is 12.7. The molecule has 0 aliphatic carbocycles. The molecular formula is C16H23NO4. The molecule has 0 fully saturated rings. The zero-order valence-corrected chi connectivity index (χ0v) is 12.7. The molecule has 0 aliphatic rings. The topological polar surface area (TPSA) is 75.6 Å². The molecule has 5 heteroatoms. The summed E-state index contributed by atoms with van der Waals surface area (Å²) in [6.45, 7) is 3.83. The summed E-state index contributed by atoms with van der Waals surface area (Å²) in [6, 6.07) is 8.53. The number of aliphatic hydroxyl groups is 1. The Kier molecular flexibility index (Phi) is 6.88. The van der Waals surface area contributed by atoms with Crippen LogP contribution < -0.4 is 5.32 Å². The molecule has 1 amide bonds. The Morgan fingerprint density at radius 2 is 1.86 bits per heavy atom. The second-order valence-electron chi connectivity index (χ2n) is 5.42. The van der Waals surface area contributed by atoms with E-state index in [1.54, 1.807) is 0 Å². The van der Waals surface area contributed by atoms with Crippen molar-refractivity contribution in [2.24, 2.45) is 5.92 Å². The number of methoxy groups -OCH3 is 1. The van der Waals surface area contributed by atoms with E-state index in [1.807, 2.05) is 44.2 Å². The average molecular weight is 293 g/mol. The third-order valence-corrected chi connectivity index (χ3v) is 3.08.